The minimum Gasteiger partial charge on any atom is -0.452 e. The summed E-state index contributed by atoms with van der Waals surface area (Å²) in [7, 11) is 0. The van der Waals surface area contributed by atoms with Crippen molar-refractivity contribution in [2.45, 2.75) is 0 Å². The van der Waals surface area contributed by atoms with E-state index in [2.05, 4.69) is 5.32 Å². The summed E-state index contributed by atoms with van der Waals surface area (Å²) in [6.45, 7) is -0.538. The molecule has 5 nitrogen and oxygen atoms in total. The number of benzene rings is 2. The van der Waals surface area contributed by atoms with Gasteiger partial charge in [-0.15, -0.1) is 11.3 Å². The van der Waals surface area contributed by atoms with Gasteiger partial charge in [0, 0.05) is 10.6 Å². The SMILES string of the molecule is O=C(COC(=O)c1ccccc1C(=O)c1cccs1)Nc1cc(Cl)ccc1Cl. The molecular weight excluding hydrogens is 421 g/mol. The van der Waals surface area contributed by atoms with Gasteiger partial charge in [0.1, 0.15) is 0 Å². The van der Waals surface area contributed by atoms with Crippen molar-refractivity contribution in [1.29, 1.82) is 0 Å². The molecule has 1 amide bonds. The highest BCUT2D eigenvalue weighted by Gasteiger charge is 2.20. The molecule has 8 heteroatoms. The molecule has 0 spiro atoms. The van der Waals surface area contributed by atoms with Crippen molar-refractivity contribution in [2.75, 3.05) is 11.9 Å². The smallest absolute Gasteiger partial charge is 0.339 e. The van der Waals surface area contributed by atoms with E-state index in [4.69, 9.17) is 27.9 Å². The molecule has 1 heterocycles. The Balaban J connectivity index is 1.68. The molecule has 2 aromatic carbocycles. The van der Waals surface area contributed by atoms with E-state index in [1.165, 1.54) is 29.5 Å². The minimum absolute atomic E-state index is 0.0921. The van der Waals surface area contributed by atoms with Crippen molar-refractivity contribution in [2.24, 2.45) is 0 Å². The van der Waals surface area contributed by atoms with Gasteiger partial charge in [-0.1, -0.05) is 47.5 Å². The van der Waals surface area contributed by atoms with Gasteiger partial charge in [0.05, 0.1) is 21.2 Å². The molecule has 28 heavy (non-hydrogen) atoms. The molecule has 142 valence electrons. The highest BCUT2D eigenvalue weighted by Crippen LogP contribution is 2.25. The lowest BCUT2D eigenvalue weighted by molar-refractivity contribution is -0.119. The fraction of sp³-hybridized carbons (Fsp3) is 0.0500. The molecule has 0 unspecified atom stereocenters. The molecule has 0 fully saturated rings. The minimum atomic E-state index is -0.771. The van der Waals surface area contributed by atoms with Gasteiger partial charge in [0.2, 0.25) is 5.78 Å². The molecule has 3 rings (SSSR count). The second-order valence-corrected chi connectivity index (χ2v) is 7.39. The summed E-state index contributed by atoms with van der Waals surface area (Å²) in [5.74, 6) is -1.63. The van der Waals surface area contributed by atoms with E-state index >= 15 is 0 Å². The predicted molar refractivity (Wildman–Crippen MR) is 110 cm³/mol. The number of anilines is 1. The lowest BCUT2D eigenvalue weighted by Gasteiger charge is -2.10. The Kier molecular flexibility index (Phi) is 6.46. The van der Waals surface area contributed by atoms with Crippen LogP contribution in [0, 0.1) is 0 Å². The van der Waals surface area contributed by atoms with E-state index in [9.17, 15) is 14.4 Å². The zero-order chi connectivity index (χ0) is 20.1. The number of amides is 1. The lowest BCUT2D eigenvalue weighted by atomic mass is 10.0. The highest BCUT2D eigenvalue weighted by atomic mass is 35.5. The third-order valence-corrected chi connectivity index (χ3v) is 5.11. The van der Waals surface area contributed by atoms with E-state index in [0.29, 0.717) is 20.6 Å². The van der Waals surface area contributed by atoms with Gasteiger partial charge in [-0.2, -0.15) is 0 Å². The number of esters is 1. The Labute approximate surface area is 174 Å². The molecule has 0 aliphatic carbocycles. The van der Waals surface area contributed by atoms with Gasteiger partial charge >= 0.3 is 5.97 Å². The van der Waals surface area contributed by atoms with Crippen molar-refractivity contribution in [3.63, 3.8) is 0 Å². The molecule has 0 radical (unpaired) electrons. The maximum atomic E-state index is 12.6. The van der Waals surface area contributed by atoms with Crippen LogP contribution in [0.3, 0.4) is 0 Å². The second kappa shape index (κ2) is 9.01. The number of thiophene rings is 1. The Morgan fingerprint density at radius 3 is 2.43 bits per heavy atom. The first kappa shape index (κ1) is 20.1. The number of hydrogen-bond donors (Lipinski definition) is 1. The quantitative estimate of drug-likeness (QED) is 0.434. The van der Waals surface area contributed by atoms with Crippen LogP contribution in [0.5, 0.6) is 0 Å². The van der Waals surface area contributed by atoms with Gasteiger partial charge in [-0.05, 0) is 35.7 Å². The molecule has 3 aromatic rings. The number of ether oxygens (including phenoxy) is 1. The Hall–Kier alpha value is -2.67. The van der Waals surface area contributed by atoms with Crippen LogP contribution in [0.15, 0.2) is 60.0 Å². The number of ketones is 1. The van der Waals surface area contributed by atoms with Crippen LogP contribution in [-0.4, -0.2) is 24.3 Å². The van der Waals surface area contributed by atoms with Crippen LogP contribution in [0.1, 0.15) is 25.6 Å². The zero-order valence-corrected chi connectivity index (χ0v) is 16.6. The largest absolute Gasteiger partial charge is 0.452 e. The summed E-state index contributed by atoms with van der Waals surface area (Å²) >= 11 is 13.1. The Bertz CT molecular complexity index is 1030. The molecule has 0 bridgehead atoms. The number of halogens is 2. The molecule has 0 saturated carbocycles. The van der Waals surface area contributed by atoms with Crippen molar-refractivity contribution in [1.82, 2.24) is 0 Å². The molecule has 0 atom stereocenters. The third kappa shape index (κ3) is 4.78. The van der Waals surface area contributed by atoms with Crippen molar-refractivity contribution >= 4 is 57.9 Å². The van der Waals surface area contributed by atoms with Crippen LogP contribution < -0.4 is 5.32 Å². The monoisotopic (exact) mass is 433 g/mol. The summed E-state index contributed by atoms with van der Waals surface area (Å²) in [6.07, 6.45) is 0. The van der Waals surface area contributed by atoms with Crippen LogP contribution in [0.25, 0.3) is 0 Å². The maximum Gasteiger partial charge on any atom is 0.339 e. The summed E-state index contributed by atoms with van der Waals surface area (Å²) in [6, 6.07) is 14.3. The third-order valence-electron chi connectivity index (χ3n) is 3.67. The molecule has 1 aromatic heterocycles. The number of rotatable bonds is 6. The van der Waals surface area contributed by atoms with Crippen molar-refractivity contribution < 1.29 is 19.1 Å². The van der Waals surface area contributed by atoms with Crippen molar-refractivity contribution in [3.8, 4) is 0 Å². The van der Waals surface area contributed by atoms with E-state index in [1.54, 1.807) is 41.8 Å². The first-order valence-corrected chi connectivity index (χ1v) is 9.68. The Morgan fingerprint density at radius 2 is 1.71 bits per heavy atom. The topological polar surface area (TPSA) is 72.5 Å². The van der Waals surface area contributed by atoms with E-state index in [-0.39, 0.29) is 16.9 Å². The fourth-order valence-electron chi connectivity index (χ4n) is 2.39. The van der Waals surface area contributed by atoms with Crippen LogP contribution >= 0.6 is 34.5 Å². The highest BCUT2D eigenvalue weighted by molar-refractivity contribution is 7.12. The van der Waals surface area contributed by atoms with Gasteiger partial charge in [-0.25, -0.2) is 4.79 Å². The molecule has 0 aliphatic rings. The first-order valence-electron chi connectivity index (χ1n) is 8.05. The predicted octanol–water partition coefficient (Wildman–Crippen LogP) is 5.08. The van der Waals surface area contributed by atoms with Crippen LogP contribution in [0.2, 0.25) is 10.0 Å². The zero-order valence-electron chi connectivity index (χ0n) is 14.3. The van der Waals surface area contributed by atoms with Crippen molar-refractivity contribution in [3.05, 3.63) is 86.0 Å². The number of carbonyl (C=O) groups excluding carboxylic acids is 3. The standard InChI is InChI=1S/C20H13Cl2NO4S/c21-12-7-8-15(22)16(10-12)23-18(24)11-27-20(26)14-5-2-1-4-13(14)19(25)17-6-3-9-28-17/h1-10H,11H2,(H,23,24). The number of nitrogens with one attached hydrogen (secondary N) is 1. The lowest BCUT2D eigenvalue weighted by Crippen LogP contribution is -2.22. The van der Waals surface area contributed by atoms with Crippen LogP contribution in [-0.2, 0) is 9.53 Å². The number of hydrogen-bond acceptors (Lipinski definition) is 5. The molecular formula is C20H13Cl2NO4S. The number of carbonyl (C=O) groups is 3. The van der Waals surface area contributed by atoms with Gasteiger partial charge < -0.3 is 10.1 Å². The second-order valence-electron chi connectivity index (χ2n) is 5.60. The van der Waals surface area contributed by atoms with Gasteiger partial charge in [0.15, 0.2) is 6.61 Å². The van der Waals surface area contributed by atoms with E-state index in [0.717, 1.165) is 0 Å². The fourth-order valence-corrected chi connectivity index (χ4v) is 3.40. The first-order chi connectivity index (χ1) is 13.5. The molecule has 0 aliphatic heterocycles. The Morgan fingerprint density at radius 1 is 0.964 bits per heavy atom. The molecule has 1 N–H and O–H groups in total. The van der Waals surface area contributed by atoms with Gasteiger partial charge in [-0.3, -0.25) is 9.59 Å². The van der Waals surface area contributed by atoms with Gasteiger partial charge in [0.25, 0.3) is 5.91 Å². The average molecular weight is 434 g/mol. The molecule has 0 saturated heterocycles. The van der Waals surface area contributed by atoms with Crippen LogP contribution in [0.4, 0.5) is 5.69 Å². The normalized spacial score (nSPS) is 10.4. The summed E-state index contributed by atoms with van der Waals surface area (Å²) in [5.41, 5.74) is 0.617. The summed E-state index contributed by atoms with van der Waals surface area (Å²) < 4.78 is 5.06. The average Bonchev–Trinajstić information content (AvgIpc) is 3.23. The van der Waals surface area contributed by atoms with E-state index in [1.807, 2.05) is 0 Å². The summed E-state index contributed by atoms with van der Waals surface area (Å²) in [5, 5.41) is 5.00. The maximum absolute atomic E-state index is 12.6. The van der Waals surface area contributed by atoms with E-state index < -0.39 is 18.5 Å². The summed E-state index contributed by atoms with van der Waals surface area (Å²) in [4.78, 5) is 37.6.